The molecule has 0 aliphatic carbocycles. The van der Waals surface area contributed by atoms with Gasteiger partial charge >= 0.3 is 12.2 Å². The van der Waals surface area contributed by atoms with Gasteiger partial charge in [-0.15, -0.1) is 0 Å². The fourth-order valence-electron chi connectivity index (χ4n) is 3.55. The van der Waals surface area contributed by atoms with Crippen molar-refractivity contribution in [2.24, 2.45) is 7.05 Å². The van der Waals surface area contributed by atoms with Crippen LogP contribution in [0.1, 0.15) is 18.1 Å². The quantitative estimate of drug-likeness (QED) is 0.173. The maximum atomic E-state index is 14.1. The Morgan fingerprint density at radius 3 is 2.54 bits per heavy atom. The van der Waals surface area contributed by atoms with Crippen LogP contribution in [0.4, 0.5) is 17.6 Å². The molecule has 4 aromatic rings. The third kappa shape index (κ3) is 4.26. The molecule has 0 radical (unpaired) electrons. The van der Waals surface area contributed by atoms with Crippen molar-refractivity contribution in [1.82, 2.24) is 19.5 Å². The first kappa shape index (κ1) is 23.3. The predicted molar refractivity (Wildman–Crippen MR) is 117 cm³/mol. The minimum Gasteiger partial charge on any atom is -0.437 e. The monoisotopic (exact) mass is 508 g/mol. The molecule has 1 aromatic carbocycles. The molecule has 0 saturated carbocycles. The zero-order valence-corrected chi connectivity index (χ0v) is 19.0. The Balaban J connectivity index is 1.59. The number of rotatable bonds is 7. The Labute approximate surface area is 200 Å². The van der Waals surface area contributed by atoms with E-state index in [1.807, 2.05) is 0 Å². The van der Waals surface area contributed by atoms with Crippen molar-refractivity contribution in [2.75, 3.05) is 6.61 Å². The largest absolute Gasteiger partial charge is 0.437 e. The molecule has 0 saturated heterocycles. The average Bonchev–Trinajstić information content (AvgIpc) is 3.23. The van der Waals surface area contributed by atoms with Gasteiger partial charge < -0.3 is 13.5 Å². The van der Waals surface area contributed by atoms with Crippen molar-refractivity contribution in [3.8, 4) is 28.9 Å². The highest BCUT2D eigenvalue weighted by Crippen LogP contribution is 2.52. The van der Waals surface area contributed by atoms with Gasteiger partial charge in [0.2, 0.25) is 18.2 Å². The van der Waals surface area contributed by atoms with E-state index >= 15 is 0 Å². The van der Waals surface area contributed by atoms with Gasteiger partial charge in [0.25, 0.3) is 0 Å². The van der Waals surface area contributed by atoms with E-state index in [0.29, 0.717) is 30.6 Å². The number of halogens is 4. The van der Waals surface area contributed by atoms with Gasteiger partial charge in [0, 0.05) is 25.4 Å². The summed E-state index contributed by atoms with van der Waals surface area (Å²) in [5, 5.41) is 0. The summed E-state index contributed by atoms with van der Waals surface area (Å²) in [6, 6.07) is 8.50. The van der Waals surface area contributed by atoms with Crippen LogP contribution in [0, 0.1) is 0 Å². The van der Waals surface area contributed by atoms with Gasteiger partial charge in [0.1, 0.15) is 5.69 Å². The molecule has 5 rings (SSSR count). The molecule has 0 bridgehead atoms. The van der Waals surface area contributed by atoms with Gasteiger partial charge in [-0.25, -0.2) is 19.7 Å². The molecular formula is C22H16F4N4O4S. The maximum Gasteiger partial charge on any atom is 0.388 e. The molecule has 0 atom stereocenters. The Bertz CT molecular complexity index is 1400. The molecule has 1 aliphatic rings. The summed E-state index contributed by atoms with van der Waals surface area (Å²) < 4.78 is 77.9. The highest BCUT2D eigenvalue weighted by Gasteiger charge is 2.57. The summed E-state index contributed by atoms with van der Waals surface area (Å²) in [6.45, 7) is 2.13. The van der Waals surface area contributed by atoms with Crippen molar-refractivity contribution in [1.29, 1.82) is 0 Å². The molecule has 1 aliphatic heterocycles. The van der Waals surface area contributed by atoms with E-state index in [1.165, 1.54) is 16.8 Å². The smallest absolute Gasteiger partial charge is 0.388 e. The summed E-state index contributed by atoms with van der Waals surface area (Å²) in [6.07, 6.45) is -5.32. The normalized spacial score (nSPS) is 15.8. The minimum atomic E-state index is -4.14. The topological polar surface area (TPSA) is 80.5 Å². The number of fused-ring (bicyclic) bond motifs is 2. The van der Waals surface area contributed by atoms with Gasteiger partial charge in [-0.2, -0.15) is 17.6 Å². The van der Waals surface area contributed by atoms with Crippen LogP contribution < -0.4 is 8.92 Å². The van der Waals surface area contributed by atoms with E-state index in [0.717, 1.165) is 12.1 Å². The number of alkyl halides is 4. The molecule has 4 heterocycles. The number of hydrogen-bond donors (Lipinski definition) is 0. The number of hydrogen-bond acceptors (Lipinski definition) is 8. The second kappa shape index (κ2) is 8.66. The molecule has 8 nitrogen and oxygen atoms in total. The van der Waals surface area contributed by atoms with Crippen LogP contribution in [0.3, 0.4) is 0 Å². The Morgan fingerprint density at radius 1 is 1.06 bits per heavy atom. The molecule has 0 fully saturated rings. The predicted octanol–water partition coefficient (Wildman–Crippen LogP) is 5.93. The van der Waals surface area contributed by atoms with Crippen molar-refractivity contribution < 1.29 is 35.4 Å². The second-order valence-electron chi connectivity index (χ2n) is 7.36. The third-order valence-corrected chi connectivity index (χ3v) is 5.67. The number of pyridine rings is 2. The van der Waals surface area contributed by atoms with Gasteiger partial charge in [0.15, 0.2) is 17.3 Å². The molecular weight excluding hydrogens is 492 g/mol. The molecule has 0 N–H and O–H groups in total. The Kier molecular flexibility index (Phi) is 5.77. The molecule has 0 amide bonds. The van der Waals surface area contributed by atoms with Crippen LogP contribution >= 0.6 is 12.3 Å². The highest BCUT2D eigenvalue weighted by molar-refractivity contribution is 7.90. The lowest BCUT2D eigenvalue weighted by molar-refractivity contribution is -0.369. The Morgan fingerprint density at radius 2 is 1.83 bits per heavy atom. The van der Waals surface area contributed by atoms with Crippen LogP contribution in [0.5, 0.6) is 17.4 Å². The number of aryl methyl sites for hydroxylation is 1. The van der Waals surface area contributed by atoms with Crippen molar-refractivity contribution >= 4 is 23.4 Å². The van der Waals surface area contributed by atoms with Crippen LogP contribution in [-0.2, 0) is 28.2 Å². The van der Waals surface area contributed by atoms with E-state index in [1.54, 1.807) is 38.4 Å². The van der Waals surface area contributed by atoms with Gasteiger partial charge in [-0.05, 0) is 25.1 Å². The van der Waals surface area contributed by atoms with Crippen LogP contribution in [0.15, 0.2) is 48.8 Å². The summed E-state index contributed by atoms with van der Waals surface area (Å²) in [7, 11) is 1.54. The molecule has 182 valence electrons. The number of aromatic nitrogens is 4. The van der Waals surface area contributed by atoms with E-state index in [9.17, 15) is 17.6 Å². The molecule has 35 heavy (non-hydrogen) atoms. The second-order valence-corrected chi connectivity index (χ2v) is 7.90. The van der Waals surface area contributed by atoms with Crippen molar-refractivity contribution in [3.63, 3.8) is 0 Å². The molecule has 13 heteroatoms. The lowest BCUT2D eigenvalue weighted by Crippen LogP contribution is -2.17. The number of imidazole rings is 1. The fraction of sp³-hybridized carbons (Fsp3) is 0.227. The maximum absolute atomic E-state index is 14.1. The van der Waals surface area contributed by atoms with Crippen molar-refractivity contribution in [2.45, 2.75) is 19.1 Å². The van der Waals surface area contributed by atoms with E-state index in [2.05, 4.69) is 19.7 Å². The van der Waals surface area contributed by atoms with E-state index in [-0.39, 0.29) is 28.3 Å². The first-order valence-corrected chi connectivity index (χ1v) is 10.9. The zero-order valence-electron chi connectivity index (χ0n) is 18.2. The SMILES string of the molecule is CCOSOc1cc(Oc2ccccn2)cnc1-c1nc2cc3c(cc2n1C)C(F)(F)OC3(F)F. The number of nitrogens with zero attached hydrogens (tertiary/aromatic N) is 4. The lowest BCUT2D eigenvalue weighted by atomic mass is 10.1. The van der Waals surface area contributed by atoms with Crippen molar-refractivity contribution in [3.05, 3.63) is 59.9 Å². The first-order chi connectivity index (χ1) is 16.7. The molecule has 3 aromatic heterocycles. The summed E-state index contributed by atoms with van der Waals surface area (Å²) in [5.74, 6) is 0.995. The van der Waals surface area contributed by atoms with E-state index in [4.69, 9.17) is 13.1 Å². The van der Waals surface area contributed by atoms with Gasteiger partial charge in [-0.3, -0.25) is 4.18 Å². The highest BCUT2D eigenvalue weighted by atomic mass is 32.2. The van der Waals surface area contributed by atoms with Crippen LogP contribution in [-0.4, -0.2) is 26.1 Å². The first-order valence-electron chi connectivity index (χ1n) is 10.2. The average molecular weight is 508 g/mol. The third-order valence-electron chi connectivity index (χ3n) is 5.09. The fourth-order valence-corrected chi connectivity index (χ4v) is 3.90. The zero-order chi connectivity index (χ0) is 24.8. The van der Waals surface area contributed by atoms with E-state index < -0.39 is 23.3 Å². The molecule has 0 unspecified atom stereocenters. The number of benzene rings is 1. The summed E-state index contributed by atoms with van der Waals surface area (Å²) in [5.41, 5.74) is -1.41. The van der Waals surface area contributed by atoms with Crippen LogP contribution in [0.2, 0.25) is 0 Å². The van der Waals surface area contributed by atoms with Gasteiger partial charge in [0.05, 0.1) is 35.0 Å². The summed E-state index contributed by atoms with van der Waals surface area (Å²) >= 11 is 0.697. The standard InChI is InChI=1S/C22H16F4N4O4S/c1-3-31-35-33-17-8-12(32-18-6-4-5-7-27-18)11-28-19(17)20-29-15-9-13-14(10-16(15)30(20)2)22(25,26)34-21(13,23)24/h4-11H,3H2,1-2H3. The molecule has 0 spiro atoms. The number of ether oxygens (including phenoxy) is 2. The minimum absolute atomic E-state index is 0.0567. The Hall–Kier alpha value is -3.42. The summed E-state index contributed by atoms with van der Waals surface area (Å²) in [4.78, 5) is 12.8. The van der Waals surface area contributed by atoms with Crippen LogP contribution in [0.25, 0.3) is 22.6 Å². The van der Waals surface area contributed by atoms with Gasteiger partial charge in [-0.1, -0.05) is 6.07 Å². The lowest BCUT2D eigenvalue weighted by Gasteiger charge is -2.11.